The second-order valence-electron chi connectivity index (χ2n) is 5.57. The highest BCUT2D eigenvalue weighted by atomic mass is 79.9. The van der Waals surface area contributed by atoms with Gasteiger partial charge in [0.05, 0.1) is 21.9 Å². The van der Waals surface area contributed by atoms with E-state index in [0.717, 1.165) is 11.8 Å². The Morgan fingerprint density at radius 2 is 2.20 bits per heavy atom. The maximum Gasteiger partial charge on any atom is 0.186 e. The Balaban J connectivity index is 2.23. The number of hydrogen-bond donors (Lipinski definition) is 4. The van der Waals surface area contributed by atoms with Crippen LogP contribution in [0.25, 0.3) is 0 Å². The Hall–Kier alpha value is -1.53. The Morgan fingerprint density at radius 1 is 1.48 bits per heavy atom. The molecule has 0 radical (unpaired) electrons. The lowest BCUT2D eigenvalue weighted by Gasteiger charge is -2.23. The third-order valence-electron chi connectivity index (χ3n) is 3.13. The van der Waals surface area contributed by atoms with Crippen LogP contribution in [0.2, 0.25) is 0 Å². The molecule has 1 aromatic heterocycles. The van der Waals surface area contributed by atoms with Gasteiger partial charge in [-0.3, -0.25) is 10.7 Å². The van der Waals surface area contributed by atoms with Crippen molar-refractivity contribution >= 4 is 39.2 Å². The van der Waals surface area contributed by atoms with Gasteiger partial charge in [0, 0.05) is 5.75 Å². The fraction of sp³-hybridized carbons (Fsp3) is 0.357. The molecule has 0 saturated carbocycles. The number of hydrogen-bond acceptors (Lipinski definition) is 8. The lowest BCUT2D eigenvalue weighted by atomic mass is 10.0. The van der Waals surface area contributed by atoms with Crippen molar-refractivity contribution in [1.82, 2.24) is 15.8 Å². The van der Waals surface area contributed by atoms with Gasteiger partial charge >= 0.3 is 0 Å². The monoisotopic (exact) mass is 434 g/mol. The third-order valence-corrected chi connectivity index (χ3v) is 4.76. The molecule has 0 aliphatic carbocycles. The SMILES string of the molecule is CC(C)(O)[C@@H](O)CSc1nonc1C(=Nc1ccc(F)c(Br)c1)NO. The van der Waals surface area contributed by atoms with Crippen LogP contribution >= 0.6 is 27.7 Å². The minimum atomic E-state index is -1.28. The summed E-state index contributed by atoms with van der Waals surface area (Å²) in [6.45, 7) is 2.96. The summed E-state index contributed by atoms with van der Waals surface area (Å²) in [5.41, 5.74) is 1.07. The van der Waals surface area contributed by atoms with Crippen LogP contribution in [0.5, 0.6) is 0 Å². The smallest absolute Gasteiger partial charge is 0.186 e. The minimum absolute atomic E-state index is 0.0694. The number of nitrogens with one attached hydrogen (secondary N) is 1. The molecule has 0 spiro atoms. The van der Waals surface area contributed by atoms with Crippen LogP contribution in [-0.4, -0.2) is 49.0 Å². The number of aliphatic imine (C=N–C) groups is 1. The summed E-state index contributed by atoms with van der Waals surface area (Å²) in [5.74, 6) is -0.400. The second kappa shape index (κ2) is 8.23. The fourth-order valence-electron chi connectivity index (χ4n) is 1.60. The average molecular weight is 435 g/mol. The topological polar surface area (TPSA) is 124 Å². The summed E-state index contributed by atoms with van der Waals surface area (Å²) >= 11 is 4.12. The van der Waals surface area contributed by atoms with Gasteiger partial charge in [0.1, 0.15) is 5.82 Å². The molecule has 4 N–H and O–H groups in total. The molecular formula is C14H16BrFN4O4S. The van der Waals surface area contributed by atoms with E-state index < -0.39 is 17.5 Å². The highest BCUT2D eigenvalue weighted by Crippen LogP contribution is 2.26. The van der Waals surface area contributed by atoms with Crippen LogP contribution in [0.15, 0.2) is 37.3 Å². The molecule has 25 heavy (non-hydrogen) atoms. The van der Waals surface area contributed by atoms with E-state index in [4.69, 9.17) is 0 Å². The molecule has 1 heterocycles. The molecule has 0 fully saturated rings. The zero-order chi connectivity index (χ0) is 18.6. The van der Waals surface area contributed by atoms with Crippen LogP contribution in [0.1, 0.15) is 19.5 Å². The predicted octanol–water partition coefficient (Wildman–Crippen LogP) is 2.25. The number of nitrogens with zero attached hydrogens (tertiary/aromatic N) is 3. The van der Waals surface area contributed by atoms with E-state index in [-0.39, 0.29) is 26.8 Å². The fourth-order valence-corrected chi connectivity index (χ4v) is 3.04. The van der Waals surface area contributed by atoms with Crippen molar-refractivity contribution in [3.63, 3.8) is 0 Å². The van der Waals surface area contributed by atoms with Crippen molar-refractivity contribution in [3.05, 3.63) is 34.2 Å². The van der Waals surface area contributed by atoms with Crippen LogP contribution in [0.3, 0.4) is 0 Å². The molecule has 0 unspecified atom stereocenters. The van der Waals surface area contributed by atoms with Gasteiger partial charge in [-0.05, 0) is 58.3 Å². The van der Waals surface area contributed by atoms with Crippen LogP contribution in [0.4, 0.5) is 10.1 Å². The van der Waals surface area contributed by atoms with E-state index in [1.165, 1.54) is 32.0 Å². The molecule has 1 atom stereocenters. The minimum Gasteiger partial charge on any atom is -0.389 e. The molecule has 136 valence electrons. The van der Waals surface area contributed by atoms with Crippen molar-refractivity contribution < 1.29 is 24.4 Å². The normalized spacial score (nSPS) is 13.8. The van der Waals surface area contributed by atoms with Gasteiger partial charge in [0.25, 0.3) is 0 Å². The molecule has 0 aliphatic rings. The molecule has 2 rings (SSSR count). The molecule has 8 nitrogen and oxygen atoms in total. The number of amidine groups is 1. The number of rotatable bonds is 6. The number of aliphatic hydroxyl groups excluding tert-OH is 1. The maximum absolute atomic E-state index is 13.3. The first-order chi connectivity index (χ1) is 11.7. The summed E-state index contributed by atoms with van der Waals surface area (Å²) in [7, 11) is 0. The van der Waals surface area contributed by atoms with Gasteiger partial charge in [-0.15, -0.1) is 0 Å². The summed E-state index contributed by atoms with van der Waals surface area (Å²) in [4.78, 5) is 4.13. The highest BCUT2D eigenvalue weighted by Gasteiger charge is 2.26. The first-order valence-corrected chi connectivity index (χ1v) is 8.80. The Bertz CT molecular complexity index is 766. The molecular weight excluding hydrogens is 419 g/mol. The van der Waals surface area contributed by atoms with Gasteiger partial charge < -0.3 is 10.2 Å². The zero-order valence-corrected chi connectivity index (χ0v) is 15.7. The highest BCUT2D eigenvalue weighted by molar-refractivity contribution is 9.10. The number of aliphatic hydroxyl groups is 2. The van der Waals surface area contributed by atoms with Gasteiger partial charge in [0.2, 0.25) is 0 Å². The van der Waals surface area contributed by atoms with E-state index in [1.807, 2.05) is 5.48 Å². The number of hydroxylamine groups is 1. The molecule has 0 amide bonds. The molecule has 2 aromatic rings. The summed E-state index contributed by atoms with van der Waals surface area (Å²) < 4.78 is 18.2. The van der Waals surface area contributed by atoms with Gasteiger partial charge in [-0.25, -0.2) is 14.0 Å². The number of thioether (sulfide) groups is 1. The van der Waals surface area contributed by atoms with E-state index >= 15 is 0 Å². The van der Waals surface area contributed by atoms with E-state index in [2.05, 4.69) is 35.9 Å². The summed E-state index contributed by atoms with van der Waals surface area (Å²) in [6, 6.07) is 4.05. The van der Waals surface area contributed by atoms with Crippen molar-refractivity contribution in [2.24, 2.45) is 4.99 Å². The summed E-state index contributed by atoms with van der Waals surface area (Å²) in [5, 5.41) is 36.6. The van der Waals surface area contributed by atoms with Gasteiger partial charge in [-0.2, -0.15) is 0 Å². The lowest BCUT2D eigenvalue weighted by molar-refractivity contribution is -0.0350. The van der Waals surface area contributed by atoms with E-state index in [1.54, 1.807) is 0 Å². The van der Waals surface area contributed by atoms with Crippen molar-refractivity contribution in [1.29, 1.82) is 0 Å². The van der Waals surface area contributed by atoms with Crippen molar-refractivity contribution in [2.45, 2.75) is 30.6 Å². The Kier molecular flexibility index (Phi) is 6.52. The molecule has 11 heteroatoms. The molecule has 0 bridgehead atoms. The van der Waals surface area contributed by atoms with Crippen LogP contribution in [-0.2, 0) is 0 Å². The Morgan fingerprint density at radius 3 is 2.80 bits per heavy atom. The summed E-state index contributed by atoms with van der Waals surface area (Å²) in [6.07, 6.45) is -1.02. The number of halogens is 2. The Labute approximate surface area is 155 Å². The van der Waals surface area contributed by atoms with E-state index in [9.17, 15) is 19.8 Å². The molecule has 1 aromatic carbocycles. The third kappa shape index (κ3) is 5.22. The predicted molar refractivity (Wildman–Crippen MR) is 92.5 cm³/mol. The average Bonchev–Trinajstić information content (AvgIpc) is 3.01. The zero-order valence-electron chi connectivity index (χ0n) is 13.3. The van der Waals surface area contributed by atoms with Gasteiger partial charge in [0.15, 0.2) is 16.6 Å². The second-order valence-corrected chi connectivity index (χ2v) is 7.43. The van der Waals surface area contributed by atoms with Crippen LogP contribution < -0.4 is 5.48 Å². The lowest BCUT2D eigenvalue weighted by Crippen LogP contribution is -2.37. The molecule has 0 saturated heterocycles. The maximum atomic E-state index is 13.3. The first kappa shape index (κ1) is 19.8. The van der Waals surface area contributed by atoms with Crippen molar-refractivity contribution in [2.75, 3.05) is 5.75 Å². The largest absolute Gasteiger partial charge is 0.389 e. The quantitative estimate of drug-likeness (QED) is 0.236. The number of benzene rings is 1. The molecule has 0 aliphatic heterocycles. The van der Waals surface area contributed by atoms with Gasteiger partial charge in [-0.1, -0.05) is 11.8 Å². The van der Waals surface area contributed by atoms with Crippen molar-refractivity contribution in [3.8, 4) is 0 Å². The first-order valence-electron chi connectivity index (χ1n) is 7.02. The number of aromatic nitrogens is 2. The van der Waals surface area contributed by atoms with Crippen LogP contribution in [0, 0.1) is 5.82 Å². The van der Waals surface area contributed by atoms with E-state index in [0.29, 0.717) is 5.69 Å². The standard InChI is InChI=1S/C14H16BrFN4O4S/c1-14(2,22)10(21)6-25-13-11(19-24-20-13)12(18-23)17-7-3-4-9(16)8(15)5-7/h3-5,10,21-23H,6H2,1-2H3,(H,17,18)/t10-/m0/s1.